The maximum atomic E-state index is 11.4. The number of carbonyl (C=O) groups excluding carboxylic acids is 3. The molecule has 0 aliphatic carbocycles. The Hall–Kier alpha value is -1.92. The van der Waals surface area contributed by atoms with Crippen molar-refractivity contribution in [2.24, 2.45) is 11.7 Å². The standard InChI is InChI=1S/C9H16N4O3/c1-5(6(14)4-7(10)15)8(11)13(3)9(16)12-2/h5,11H,4H2,1-3H3,(H2,10,15)(H,12,16). The van der Waals surface area contributed by atoms with E-state index in [0.717, 1.165) is 4.90 Å². The lowest BCUT2D eigenvalue weighted by atomic mass is 10.0. The van der Waals surface area contributed by atoms with Crippen LogP contribution in [0.2, 0.25) is 0 Å². The predicted molar refractivity (Wildman–Crippen MR) is 57.9 cm³/mol. The minimum absolute atomic E-state index is 0.175. The molecule has 1 unspecified atom stereocenters. The molecule has 16 heavy (non-hydrogen) atoms. The van der Waals surface area contributed by atoms with E-state index in [9.17, 15) is 14.4 Å². The summed E-state index contributed by atoms with van der Waals surface area (Å²) in [7, 11) is 2.79. The maximum absolute atomic E-state index is 11.4. The number of Topliss-reactive ketones (excluding diaryl/α,β-unsaturated/α-hetero) is 1. The van der Waals surface area contributed by atoms with Crippen LogP contribution in [-0.4, -0.2) is 42.6 Å². The van der Waals surface area contributed by atoms with Crippen molar-refractivity contribution in [3.05, 3.63) is 0 Å². The highest BCUT2D eigenvalue weighted by Crippen LogP contribution is 2.05. The average Bonchev–Trinajstić information content (AvgIpc) is 2.23. The van der Waals surface area contributed by atoms with E-state index in [0.29, 0.717) is 0 Å². The Labute approximate surface area is 93.5 Å². The summed E-state index contributed by atoms with van der Waals surface area (Å²) in [6.07, 6.45) is -0.425. The topological polar surface area (TPSA) is 116 Å². The van der Waals surface area contributed by atoms with Crippen molar-refractivity contribution in [3.8, 4) is 0 Å². The number of nitrogens with two attached hydrogens (primary N) is 1. The van der Waals surface area contributed by atoms with E-state index in [4.69, 9.17) is 11.1 Å². The van der Waals surface area contributed by atoms with Crippen LogP contribution in [0.4, 0.5) is 4.79 Å². The van der Waals surface area contributed by atoms with Crippen molar-refractivity contribution in [2.75, 3.05) is 14.1 Å². The van der Waals surface area contributed by atoms with Crippen LogP contribution in [0.15, 0.2) is 0 Å². The predicted octanol–water partition coefficient (Wildman–Crippen LogP) is -0.685. The van der Waals surface area contributed by atoms with Gasteiger partial charge < -0.3 is 11.1 Å². The van der Waals surface area contributed by atoms with Gasteiger partial charge in [-0.1, -0.05) is 0 Å². The zero-order valence-corrected chi connectivity index (χ0v) is 9.53. The summed E-state index contributed by atoms with van der Waals surface area (Å²) in [5.41, 5.74) is 4.87. The second kappa shape index (κ2) is 5.84. The van der Waals surface area contributed by atoms with Crippen LogP contribution in [0.3, 0.4) is 0 Å². The van der Waals surface area contributed by atoms with Gasteiger partial charge in [-0.3, -0.25) is 19.9 Å². The zero-order chi connectivity index (χ0) is 12.9. The van der Waals surface area contributed by atoms with Gasteiger partial charge >= 0.3 is 6.03 Å². The van der Waals surface area contributed by atoms with Gasteiger partial charge in [0.25, 0.3) is 0 Å². The molecule has 1 atom stereocenters. The van der Waals surface area contributed by atoms with Gasteiger partial charge in [-0.05, 0) is 6.92 Å². The fourth-order valence-corrected chi connectivity index (χ4v) is 1.04. The molecule has 0 saturated carbocycles. The van der Waals surface area contributed by atoms with Gasteiger partial charge in [0.2, 0.25) is 5.91 Å². The minimum atomic E-state index is -0.838. The fraction of sp³-hybridized carbons (Fsp3) is 0.556. The van der Waals surface area contributed by atoms with Gasteiger partial charge in [-0.15, -0.1) is 0 Å². The van der Waals surface area contributed by atoms with Crippen LogP contribution in [0.25, 0.3) is 0 Å². The monoisotopic (exact) mass is 228 g/mol. The molecule has 0 fully saturated rings. The lowest BCUT2D eigenvalue weighted by molar-refractivity contribution is -0.127. The normalized spacial score (nSPS) is 11.4. The SMILES string of the molecule is CNC(=O)N(C)C(=N)C(C)C(=O)CC(N)=O. The highest BCUT2D eigenvalue weighted by atomic mass is 16.2. The first-order valence-electron chi connectivity index (χ1n) is 4.66. The van der Waals surface area contributed by atoms with E-state index in [-0.39, 0.29) is 5.84 Å². The summed E-state index contributed by atoms with van der Waals surface area (Å²) >= 11 is 0. The smallest absolute Gasteiger partial charge is 0.322 e. The van der Waals surface area contributed by atoms with E-state index >= 15 is 0 Å². The zero-order valence-electron chi connectivity index (χ0n) is 9.53. The molecule has 0 aliphatic rings. The Bertz CT molecular complexity index is 327. The van der Waals surface area contributed by atoms with E-state index in [1.54, 1.807) is 0 Å². The number of hydrogen-bond acceptors (Lipinski definition) is 4. The quantitative estimate of drug-likeness (QED) is 0.336. The van der Waals surface area contributed by atoms with E-state index in [1.165, 1.54) is 21.0 Å². The molecule has 0 rings (SSSR count). The number of carbonyl (C=O) groups is 3. The third-order valence-electron chi connectivity index (χ3n) is 2.12. The van der Waals surface area contributed by atoms with Crippen molar-refractivity contribution < 1.29 is 14.4 Å². The summed E-state index contributed by atoms with van der Waals surface area (Å²) in [5, 5.41) is 9.92. The molecule has 4 N–H and O–H groups in total. The van der Waals surface area contributed by atoms with Gasteiger partial charge in [-0.2, -0.15) is 0 Å². The number of rotatable bonds is 4. The first kappa shape index (κ1) is 14.1. The Morgan fingerprint density at radius 3 is 2.31 bits per heavy atom. The van der Waals surface area contributed by atoms with Crippen LogP contribution >= 0.6 is 0 Å². The Morgan fingerprint density at radius 2 is 1.94 bits per heavy atom. The third kappa shape index (κ3) is 3.68. The van der Waals surface area contributed by atoms with Crippen LogP contribution < -0.4 is 11.1 Å². The molecule has 0 bridgehead atoms. The number of urea groups is 1. The molecule has 0 aliphatic heterocycles. The van der Waals surface area contributed by atoms with Gasteiger partial charge in [0, 0.05) is 14.1 Å². The summed E-state index contributed by atoms with van der Waals surface area (Å²) in [5.74, 6) is -2.24. The highest BCUT2D eigenvalue weighted by Gasteiger charge is 2.24. The lowest BCUT2D eigenvalue weighted by Gasteiger charge is -2.21. The Kier molecular flexibility index (Phi) is 5.14. The van der Waals surface area contributed by atoms with Crippen LogP contribution in [0.1, 0.15) is 13.3 Å². The molecule has 0 aromatic carbocycles. The van der Waals surface area contributed by atoms with Crippen molar-refractivity contribution >= 4 is 23.6 Å². The molecule has 0 aromatic heterocycles. The highest BCUT2D eigenvalue weighted by molar-refractivity contribution is 6.11. The molecule has 0 heterocycles. The Morgan fingerprint density at radius 1 is 1.44 bits per heavy atom. The molecule has 3 amide bonds. The first-order valence-corrected chi connectivity index (χ1v) is 4.66. The van der Waals surface area contributed by atoms with Gasteiger partial charge in [0.1, 0.15) is 5.84 Å². The average molecular weight is 228 g/mol. The number of hydrogen-bond donors (Lipinski definition) is 3. The van der Waals surface area contributed by atoms with Crippen LogP contribution in [0.5, 0.6) is 0 Å². The number of amides is 3. The molecular formula is C9H16N4O3. The molecule has 0 spiro atoms. The number of primary amides is 1. The number of amidine groups is 1. The minimum Gasteiger partial charge on any atom is -0.369 e. The fourth-order valence-electron chi connectivity index (χ4n) is 1.04. The number of nitrogens with one attached hydrogen (secondary N) is 2. The van der Waals surface area contributed by atoms with E-state index in [1.807, 2.05) is 0 Å². The van der Waals surface area contributed by atoms with Gasteiger partial charge in [-0.25, -0.2) is 4.79 Å². The molecule has 0 saturated heterocycles. The van der Waals surface area contributed by atoms with E-state index < -0.39 is 30.1 Å². The van der Waals surface area contributed by atoms with Crippen molar-refractivity contribution in [3.63, 3.8) is 0 Å². The first-order chi connectivity index (χ1) is 7.31. The largest absolute Gasteiger partial charge is 0.369 e. The molecular weight excluding hydrogens is 212 g/mol. The summed E-state index contributed by atoms with van der Waals surface area (Å²) in [6, 6.07) is -0.497. The third-order valence-corrected chi connectivity index (χ3v) is 2.12. The number of ketones is 1. The summed E-state index contributed by atoms with van der Waals surface area (Å²) in [4.78, 5) is 34.1. The second-order valence-electron chi connectivity index (χ2n) is 3.33. The maximum Gasteiger partial charge on any atom is 0.322 e. The molecule has 90 valence electrons. The van der Waals surface area contributed by atoms with Gasteiger partial charge in [0.05, 0.1) is 12.3 Å². The van der Waals surface area contributed by atoms with Crippen molar-refractivity contribution in [1.29, 1.82) is 5.41 Å². The lowest BCUT2D eigenvalue weighted by Crippen LogP contribution is -2.43. The van der Waals surface area contributed by atoms with Crippen molar-refractivity contribution in [1.82, 2.24) is 10.2 Å². The van der Waals surface area contributed by atoms with E-state index in [2.05, 4.69) is 5.32 Å². The number of nitrogens with zero attached hydrogens (tertiary/aromatic N) is 1. The summed E-state index contributed by atoms with van der Waals surface area (Å²) < 4.78 is 0. The van der Waals surface area contributed by atoms with Crippen molar-refractivity contribution in [2.45, 2.75) is 13.3 Å². The van der Waals surface area contributed by atoms with Crippen LogP contribution in [-0.2, 0) is 9.59 Å². The summed E-state index contributed by atoms with van der Waals surface area (Å²) in [6.45, 7) is 1.45. The van der Waals surface area contributed by atoms with Crippen LogP contribution in [0, 0.1) is 11.3 Å². The Balaban J connectivity index is 4.55. The molecule has 0 radical (unpaired) electrons. The molecule has 7 nitrogen and oxygen atoms in total. The molecule has 0 aromatic rings. The second-order valence-corrected chi connectivity index (χ2v) is 3.33. The van der Waals surface area contributed by atoms with Gasteiger partial charge in [0.15, 0.2) is 5.78 Å². The molecule has 7 heteroatoms.